The molecule has 7 nitrogen and oxygen atoms in total. The van der Waals surface area contributed by atoms with Crippen LogP contribution in [0.2, 0.25) is 5.15 Å². The number of furan rings is 1. The molecule has 11 heteroatoms. The van der Waals surface area contributed by atoms with Crippen molar-refractivity contribution in [2.75, 3.05) is 20.2 Å². The van der Waals surface area contributed by atoms with Gasteiger partial charge in [-0.1, -0.05) is 41.9 Å². The summed E-state index contributed by atoms with van der Waals surface area (Å²) in [6.45, 7) is 0.168. The zero-order valence-electron chi connectivity index (χ0n) is 18.8. The summed E-state index contributed by atoms with van der Waals surface area (Å²) in [4.78, 5) is 31.3. The van der Waals surface area contributed by atoms with Crippen molar-refractivity contribution >= 4 is 29.1 Å². The lowest BCUT2D eigenvalue weighted by Crippen LogP contribution is -2.30. The zero-order valence-corrected chi connectivity index (χ0v) is 19.6. The molecular formula is C25H19ClF3N3O4. The Kier molecular flexibility index (Phi) is 5.99. The van der Waals surface area contributed by atoms with Crippen molar-refractivity contribution < 1.29 is 31.9 Å². The van der Waals surface area contributed by atoms with Gasteiger partial charge in [-0.2, -0.15) is 13.2 Å². The number of amides is 1. The number of benzene rings is 1. The van der Waals surface area contributed by atoms with Gasteiger partial charge in [0.1, 0.15) is 5.15 Å². The van der Waals surface area contributed by atoms with E-state index in [1.807, 2.05) is 30.3 Å². The molecule has 5 rings (SSSR count). The molecule has 0 N–H and O–H groups in total. The maximum atomic E-state index is 13.9. The van der Waals surface area contributed by atoms with Crippen LogP contribution in [0.3, 0.4) is 0 Å². The van der Waals surface area contributed by atoms with E-state index in [9.17, 15) is 22.8 Å². The molecule has 4 aromatic rings. The predicted octanol–water partition coefficient (Wildman–Crippen LogP) is 5.30. The van der Waals surface area contributed by atoms with Gasteiger partial charge in [-0.3, -0.25) is 14.0 Å². The number of alkyl halides is 3. The maximum Gasteiger partial charge on any atom is 0.420 e. The highest BCUT2D eigenvalue weighted by Gasteiger charge is 2.43. The third-order valence-corrected chi connectivity index (χ3v) is 6.72. The molecule has 0 radical (unpaired) electrons. The molecule has 1 aliphatic rings. The molecule has 2 unspecified atom stereocenters. The quantitative estimate of drug-likeness (QED) is 0.344. The van der Waals surface area contributed by atoms with E-state index in [0.29, 0.717) is 5.56 Å². The molecule has 1 aromatic carbocycles. The van der Waals surface area contributed by atoms with Crippen molar-refractivity contribution in [1.82, 2.24) is 14.3 Å². The number of carbonyl (C=O) groups is 2. The summed E-state index contributed by atoms with van der Waals surface area (Å²) in [6, 6.07) is 11.6. The Labute approximate surface area is 208 Å². The summed E-state index contributed by atoms with van der Waals surface area (Å²) in [7, 11) is 1.27. The van der Waals surface area contributed by atoms with Crippen LogP contribution in [0.25, 0.3) is 16.8 Å². The van der Waals surface area contributed by atoms with Gasteiger partial charge in [-0.05, 0) is 17.7 Å². The van der Waals surface area contributed by atoms with Gasteiger partial charge in [0, 0.05) is 36.3 Å². The average molecular weight is 518 g/mol. The SMILES string of the molecule is COC(=O)C1CN(C(=O)c2nc3c(C(F)(F)F)cc(-c4ccoc4)cn3c2Cl)CC1c1ccccc1. The second kappa shape index (κ2) is 9.02. The minimum absolute atomic E-state index is 0.0155. The van der Waals surface area contributed by atoms with Gasteiger partial charge < -0.3 is 14.1 Å². The Hall–Kier alpha value is -3.79. The average Bonchev–Trinajstić information content (AvgIpc) is 3.62. The van der Waals surface area contributed by atoms with E-state index >= 15 is 0 Å². The second-order valence-corrected chi connectivity index (χ2v) is 8.81. The third kappa shape index (κ3) is 4.11. The maximum absolute atomic E-state index is 13.9. The summed E-state index contributed by atoms with van der Waals surface area (Å²) in [5.41, 5.74) is -0.425. The van der Waals surface area contributed by atoms with Crippen LogP contribution in [0.4, 0.5) is 13.2 Å². The fourth-order valence-corrected chi connectivity index (χ4v) is 4.85. The van der Waals surface area contributed by atoms with Gasteiger partial charge in [-0.15, -0.1) is 0 Å². The number of pyridine rings is 1. The summed E-state index contributed by atoms with van der Waals surface area (Å²) in [6.07, 6.45) is -0.738. The van der Waals surface area contributed by atoms with Gasteiger partial charge >= 0.3 is 12.1 Å². The first kappa shape index (κ1) is 23.9. The lowest BCUT2D eigenvalue weighted by molar-refractivity contribution is -0.145. The fourth-order valence-electron chi connectivity index (χ4n) is 4.60. The number of carbonyl (C=O) groups excluding carboxylic acids is 2. The van der Waals surface area contributed by atoms with E-state index < -0.39 is 35.2 Å². The Morgan fingerprint density at radius 1 is 1.14 bits per heavy atom. The van der Waals surface area contributed by atoms with Crippen molar-refractivity contribution in [3.05, 3.63) is 83.2 Å². The molecule has 0 spiro atoms. The summed E-state index contributed by atoms with van der Waals surface area (Å²) >= 11 is 6.44. The number of nitrogens with zero attached hydrogens (tertiary/aromatic N) is 3. The van der Waals surface area contributed by atoms with Crippen LogP contribution in [-0.2, 0) is 15.7 Å². The van der Waals surface area contributed by atoms with E-state index in [4.69, 9.17) is 20.8 Å². The monoisotopic (exact) mass is 517 g/mol. The van der Waals surface area contributed by atoms with Crippen LogP contribution in [0.15, 0.2) is 65.6 Å². The Morgan fingerprint density at radius 3 is 2.53 bits per heavy atom. The molecule has 36 heavy (non-hydrogen) atoms. The number of likely N-dealkylation sites (tertiary alicyclic amines) is 1. The third-order valence-electron chi connectivity index (χ3n) is 6.36. The lowest BCUT2D eigenvalue weighted by atomic mass is 9.89. The zero-order chi connectivity index (χ0) is 25.6. The number of imidazole rings is 1. The number of esters is 1. The highest BCUT2D eigenvalue weighted by molar-refractivity contribution is 6.33. The number of aromatic nitrogens is 2. The van der Waals surface area contributed by atoms with E-state index in [2.05, 4.69) is 4.98 Å². The smallest absolute Gasteiger partial charge is 0.420 e. The molecule has 1 saturated heterocycles. The molecule has 0 bridgehead atoms. The van der Waals surface area contributed by atoms with E-state index in [-0.39, 0.29) is 35.4 Å². The van der Waals surface area contributed by atoms with Crippen LogP contribution >= 0.6 is 11.6 Å². The first-order chi connectivity index (χ1) is 17.2. The number of halogens is 4. The number of methoxy groups -OCH3 is 1. The molecule has 186 valence electrons. The van der Waals surface area contributed by atoms with Crippen LogP contribution in [0, 0.1) is 5.92 Å². The van der Waals surface area contributed by atoms with Gasteiger partial charge in [0.25, 0.3) is 5.91 Å². The highest BCUT2D eigenvalue weighted by Crippen LogP contribution is 2.38. The van der Waals surface area contributed by atoms with Gasteiger partial charge in [0.15, 0.2) is 11.3 Å². The first-order valence-corrected chi connectivity index (χ1v) is 11.3. The van der Waals surface area contributed by atoms with Gasteiger partial charge in [-0.25, -0.2) is 4.98 Å². The number of ether oxygens (including phenoxy) is 1. The van der Waals surface area contributed by atoms with Crippen LogP contribution in [0.1, 0.15) is 27.5 Å². The lowest BCUT2D eigenvalue weighted by Gasteiger charge is -2.16. The molecule has 0 aliphatic carbocycles. The number of rotatable bonds is 4. The van der Waals surface area contributed by atoms with Crippen molar-refractivity contribution in [1.29, 1.82) is 0 Å². The fraction of sp³-hybridized carbons (Fsp3) is 0.240. The first-order valence-electron chi connectivity index (χ1n) is 10.9. The van der Waals surface area contributed by atoms with E-state index in [0.717, 1.165) is 16.0 Å². The van der Waals surface area contributed by atoms with Crippen LogP contribution in [-0.4, -0.2) is 46.4 Å². The van der Waals surface area contributed by atoms with Crippen molar-refractivity contribution in [2.24, 2.45) is 5.92 Å². The normalized spacial score (nSPS) is 18.1. The van der Waals surface area contributed by atoms with E-state index in [1.54, 1.807) is 0 Å². The van der Waals surface area contributed by atoms with E-state index in [1.165, 1.54) is 36.8 Å². The van der Waals surface area contributed by atoms with Gasteiger partial charge in [0.2, 0.25) is 0 Å². The molecule has 3 aromatic heterocycles. The molecule has 0 saturated carbocycles. The Bertz CT molecular complexity index is 1430. The van der Waals surface area contributed by atoms with Crippen molar-refractivity contribution in [2.45, 2.75) is 12.1 Å². The Balaban J connectivity index is 1.56. The molecule has 4 heterocycles. The van der Waals surface area contributed by atoms with Crippen molar-refractivity contribution in [3.63, 3.8) is 0 Å². The minimum Gasteiger partial charge on any atom is -0.472 e. The number of fused-ring (bicyclic) bond motifs is 1. The summed E-state index contributed by atoms with van der Waals surface area (Å²) in [5, 5.41) is -0.261. The van der Waals surface area contributed by atoms with Crippen LogP contribution in [0.5, 0.6) is 0 Å². The topological polar surface area (TPSA) is 77.0 Å². The molecule has 1 aliphatic heterocycles. The van der Waals surface area contributed by atoms with Gasteiger partial charge in [0.05, 0.1) is 31.1 Å². The standard InChI is InChI=1S/C25H19ClF3N3O4/c1-35-24(34)18-12-31(11-17(18)14-5-3-2-4-6-14)23(33)20-21(26)32-10-16(15-7-8-36-13-15)9-19(22(32)30-20)25(27,28)29/h2-10,13,17-18H,11-12H2,1H3. The molecule has 1 amide bonds. The summed E-state index contributed by atoms with van der Waals surface area (Å²) < 4.78 is 52.8. The predicted molar refractivity (Wildman–Crippen MR) is 123 cm³/mol. The number of hydrogen-bond acceptors (Lipinski definition) is 5. The minimum atomic E-state index is -4.75. The molecular weight excluding hydrogens is 499 g/mol. The molecule has 2 atom stereocenters. The van der Waals surface area contributed by atoms with Crippen molar-refractivity contribution in [3.8, 4) is 11.1 Å². The molecule has 1 fully saturated rings. The number of hydrogen-bond donors (Lipinski definition) is 0. The second-order valence-electron chi connectivity index (χ2n) is 8.45. The Morgan fingerprint density at radius 2 is 1.89 bits per heavy atom. The largest absolute Gasteiger partial charge is 0.472 e. The summed E-state index contributed by atoms with van der Waals surface area (Å²) in [5.74, 6) is -2.15. The van der Waals surface area contributed by atoms with Crippen LogP contribution < -0.4 is 0 Å². The highest BCUT2D eigenvalue weighted by atomic mass is 35.5.